The number of hydrogen-bond acceptors (Lipinski definition) is 5. The molecule has 0 bridgehead atoms. The van der Waals surface area contributed by atoms with Crippen LogP contribution < -0.4 is 16.9 Å². The Labute approximate surface area is 98.4 Å². The molecule has 9 heteroatoms. The zero-order valence-electron chi connectivity index (χ0n) is 9.40. The Hall–Kier alpha value is -2.58. The lowest BCUT2D eigenvalue weighted by molar-refractivity contribution is -0.141. The van der Waals surface area contributed by atoms with E-state index in [9.17, 15) is 19.2 Å². The number of rotatable bonds is 3. The van der Waals surface area contributed by atoms with Crippen molar-refractivity contribution in [1.82, 2.24) is 19.5 Å². The fourth-order valence-electron chi connectivity index (χ4n) is 1.52. The number of esters is 1. The summed E-state index contributed by atoms with van der Waals surface area (Å²) in [6.07, 6.45) is 0. The number of fused-ring (bicyclic) bond motifs is 1. The number of nitrogens with one attached hydrogen (secondary N) is 3. The minimum Gasteiger partial charge on any atom is -0.464 e. The molecule has 0 saturated carbocycles. The molecule has 0 aliphatic heterocycles. The van der Waals surface area contributed by atoms with Crippen molar-refractivity contribution in [2.75, 3.05) is 6.61 Å². The summed E-state index contributed by atoms with van der Waals surface area (Å²) in [5, 5.41) is 0. The molecule has 0 fully saturated rings. The van der Waals surface area contributed by atoms with E-state index in [1.807, 2.05) is 0 Å². The Morgan fingerprint density at radius 2 is 1.94 bits per heavy atom. The van der Waals surface area contributed by atoms with Crippen LogP contribution >= 0.6 is 0 Å². The Balaban J connectivity index is 2.44. The van der Waals surface area contributed by atoms with Gasteiger partial charge in [0.05, 0.1) is 6.54 Å². The number of imidazole rings is 1. The van der Waals surface area contributed by atoms with E-state index in [0.717, 1.165) is 4.57 Å². The van der Waals surface area contributed by atoms with Gasteiger partial charge in [-0.1, -0.05) is 0 Å². The van der Waals surface area contributed by atoms with Gasteiger partial charge in [0.15, 0.2) is 5.52 Å². The van der Waals surface area contributed by atoms with Crippen molar-refractivity contribution in [2.24, 2.45) is 0 Å². The van der Waals surface area contributed by atoms with Gasteiger partial charge >= 0.3 is 17.3 Å². The average molecular weight is 254 g/mol. The number of H-pyrrole nitrogens is 3. The lowest BCUT2D eigenvalue weighted by Gasteiger charge is -2.04. The molecule has 0 radical (unpaired) electrons. The smallest absolute Gasteiger partial charge is 0.330 e. The van der Waals surface area contributed by atoms with Crippen molar-refractivity contribution in [3.63, 3.8) is 0 Å². The van der Waals surface area contributed by atoms with E-state index in [0.29, 0.717) is 0 Å². The molecule has 0 atom stereocenters. The second kappa shape index (κ2) is 4.35. The van der Waals surface area contributed by atoms with Crippen molar-refractivity contribution < 1.29 is 9.53 Å². The van der Waals surface area contributed by atoms with Crippen LogP contribution in [0.4, 0.5) is 0 Å². The third-order valence-corrected chi connectivity index (χ3v) is 2.28. The SMILES string of the molecule is CC(=O)OCCn1c(=O)[nH]c2[nH]c(=O)[nH]c2c1=O. The summed E-state index contributed by atoms with van der Waals surface area (Å²) in [5.74, 6) is -0.504. The van der Waals surface area contributed by atoms with Crippen LogP contribution in [0.25, 0.3) is 11.2 Å². The van der Waals surface area contributed by atoms with E-state index in [4.69, 9.17) is 0 Å². The van der Waals surface area contributed by atoms with Gasteiger partial charge in [-0.3, -0.25) is 29.1 Å². The predicted molar refractivity (Wildman–Crippen MR) is 60.4 cm³/mol. The van der Waals surface area contributed by atoms with Crippen molar-refractivity contribution >= 4 is 17.1 Å². The first kappa shape index (κ1) is 11.9. The number of ether oxygens (including phenoxy) is 1. The Morgan fingerprint density at radius 3 is 2.61 bits per heavy atom. The van der Waals surface area contributed by atoms with Gasteiger partial charge in [-0.25, -0.2) is 9.59 Å². The molecule has 0 aliphatic rings. The molecule has 0 aliphatic carbocycles. The maximum atomic E-state index is 11.9. The Morgan fingerprint density at radius 1 is 1.22 bits per heavy atom. The van der Waals surface area contributed by atoms with Crippen molar-refractivity contribution in [3.05, 3.63) is 31.3 Å². The summed E-state index contributed by atoms with van der Waals surface area (Å²) >= 11 is 0. The normalized spacial score (nSPS) is 10.7. The van der Waals surface area contributed by atoms with Crippen LogP contribution in [0.1, 0.15) is 6.92 Å². The molecule has 0 saturated heterocycles. The zero-order valence-corrected chi connectivity index (χ0v) is 9.40. The molecule has 18 heavy (non-hydrogen) atoms. The Kier molecular flexibility index (Phi) is 2.88. The molecule has 2 aromatic heterocycles. The van der Waals surface area contributed by atoms with E-state index >= 15 is 0 Å². The highest BCUT2D eigenvalue weighted by molar-refractivity contribution is 5.67. The molecule has 0 spiro atoms. The number of aromatic amines is 3. The average Bonchev–Trinajstić information content (AvgIpc) is 2.63. The van der Waals surface area contributed by atoms with Crippen molar-refractivity contribution in [3.8, 4) is 0 Å². The van der Waals surface area contributed by atoms with Crippen LogP contribution in [0, 0.1) is 0 Å². The summed E-state index contributed by atoms with van der Waals surface area (Å²) in [4.78, 5) is 51.9. The first-order valence-corrected chi connectivity index (χ1v) is 5.07. The highest BCUT2D eigenvalue weighted by Crippen LogP contribution is 1.92. The van der Waals surface area contributed by atoms with Crippen molar-refractivity contribution in [1.29, 1.82) is 0 Å². The van der Waals surface area contributed by atoms with Crippen LogP contribution in [-0.4, -0.2) is 32.1 Å². The fraction of sp³-hybridized carbons (Fsp3) is 0.333. The van der Waals surface area contributed by atoms with Crippen LogP contribution in [0.2, 0.25) is 0 Å². The van der Waals surface area contributed by atoms with Gasteiger partial charge in [-0.05, 0) is 0 Å². The molecular weight excluding hydrogens is 244 g/mol. The Bertz CT molecular complexity index is 762. The van der Waals surface area contributed by atoms with E-state index in [1.54, 1.807) is 0 Å². The maximum Gasteiger partial charge on any atom is 0.330 e. The molecule has 9 nitrogen and oxygen atoms in total. The lowest BCUT2D eigenvalue weighted by atomic mass is 10.5. The number of nitrogens with zero attached hydrogens (tertiary/aromatic N) is 1. The summed E-state index contributed by atoms with van der Waals surface area (Å²) in [6, 6.07) is 0. The third kappa shape index (κ3) is 2.10. The highest BCUT2D eigenvalue weighted by Gasteiger charge is 2.10. The molecule has 0 unspecified atom stereocenters. The van der Waals surface area contributed by atoms with E-state index in [-0.39, 0.29) is 24.3 Å². The van der Waals surface area contributed by atoms with Gasteiger partial charge in [0.1, 0.15) is 12.3 Å². The number of carbonyl (C=O) groups is 1. The topological polar surface area (TPSA) is 130 Å². The molecule has 2 heterocycles. The van der Waals surface area contributed by atoms with E-state index in [1.165, 1.54) is 6.92 Å². The van der Waals surface area contributed by atoms with Crippen LogP contribution in [0.3, 0.4) is 0 Å². The lowest BCUT2D eigenvalue weighted by Crippen LogP contribution is -2.36. The molecule has 0 amide bonds. The summed E-state index contributed by atoms with van der Waals surface area (Å²) in [6.45, 7) is 1.04. The summed E-state index contributed by atoms with van der Waals surface area (Å²) in [7, 11) is 0. The minimum atomic E-state index is -0.685. The quantitative estimate of drug-likeness (QED) is 0.560. The monoisotopic (exact) mass is 254 g/mol. The minimum absolute atomic E-state index is 0.0255. The van der Waals surface area contributed by atoms with E-state index < -0.39 is 22.9 Å². The van der Waals surface area contributed by atoms with Gasteiger partial charge in [-0.2, -0.15) is 0 Å². The van der Waals surface area contributed by atoms with E-state index in [2.05, 4.69) is 19.7 Å². The van der Waals surface area contributed by atoms with Gasteiger partial charge in [0, 0.05) is 6.92 Å². The first-order chi connectivity index (χ1) is 8.49. The predicted octanol–water partition coefficient (Wildman–Crippen LogP) is -1.73. The van der Waals surface area contributed by atoms with Crippen LogP contribution in [0.5, 0.6) is 0 Å². The maximum absolute atomic E-state index is 11.9. The second-order valence-corrected chi connectivity index (χ2v) is 3.56. The summed E-state index contributed by atoms with van der Waals surface area (Å²) in [5.41, 5.74) is -1.91. The first-order valence-electron chi connectivity index (χ1n) is 5.07. The largest absolute Gasteiger partial charge is 0.464 e. The van der Waals surface area contributed by atoms with Gasteiger partial charge in [0.25, 0.3) is 5.56 Å². The third-order valence-electron chi connectivity index (χ3n) is 2.28. The zero-order chi connectivity index (χ0) is 13.3. The van der Waals surface area contributed by atoms with Gasteiger partial charge in [-0.15, -0.1) is 0 Å². The fourth-order valence-corrected chi connectivity index (χ4v) is 1.52. The molecule has 0 aromatic carbocycles. The molecule has 3 N–H and O–H groups in total. The number of hydrogen-bond donors (Lipinski definition) is 3. The molecule has 2 rings (SSSR count). The highest BCUT2D eigenvalue weighted by atomic mass is 16.5. The molecular formula is C9H10N4O5. The van der Waals surface area contributed by atoms with Crippen LogP contribution in [-0.2, 0) is 16.1 Å². The summed E-state index contributed by atoms with van der Waals surface area (Å²) < 4.78 is 5.48. The van der Waals surface area contributed by atoms with Gasteiger partial charge < -0.3 is 4.74 Å². The standard InChI is InChI=1S/C9H10N4O5/c1-4(14)18-3-2-13-7(15)5-6(12-9(13)17)11-8(16)10-5/h2-3H2,1H3,(H,12,17)(H2,10,11,16). The second-order valence-electron chi connectivity index (χ2n) is 3.56. The van der Waals surface area contributed by atoms with Crippen molar-refractivity contribution in [2.45, 2.75) is 13.5 Å². The molecule has 96 valence electrons. The number of carbonyl (C=O) groups excluding carboxylic acids is 1. The number of aromatic nitrogens is 4. The van der Waals surface area contributed by atoms with Crippen LogP contribution in [0.15, 0.2) is 14.4 Å². The molecule has 2 aromatic rings. The van der Waals surface area contributed by atoms with Gasteiger partial charge in [0.2, 0.25) is 0 Å².